The molecular formula is C20H24. The second-order valence-corrected chi connectivity index (χ2v) is 5.70. The molecule has 2 rings (SSSR count). The van der Waals surface area contributed by atoms with Gasteiger partial charge in [0.2, 0.25) is 0 Å². The first-order valence-electron chi connectivity index (χ1n) is 7.47. The summed E-state index contributed by atoms with van der Waals surface area (Å²) in [5.41, 5.74) is 5.41. The molecule has 1 aromatic carbocycles. The number of rotatable bonds is 5. The van der Waals surface area contributed by atoms with Gasteiger partial charge in [0.1, 0.15) is 0 Å². The second-order valence-electron chi connectivity index (χ2n) is 5.70. The van der Waals surface area contributed by atoms with E-state index >= 15 is 0 Å². The van der Waals surface area contributed by atoms with Gasteiger partial charge in [0.25, 0.3) is 0 Å². The smallest absolute Gasteiger partial charge is 0.0132 e. The molecule has 0 heteroatoms. The van der Waals surface area contributed by atoms with E-state index < -0.39 is 0 Å². The standard InChI is InChI=1S/C20H24/c1-16(2)17(3)9-7-10-18-11-8-14-20(15-18)19-12-5-4-6-13-19/h4-7,9,12-16H,3,8,10-11H2,1-2H3/b9-7-. The zero-order valence-corrected chi connectivity index (χ0v) is 12.6. The molecule has 0 nitrogen and oxygen atoms in total. The lowest BCUT2D eigenvalue weighted by Gasteiger charge is -2.13. The van der Waals surface area contributed by atoms with Gasteiger partial charge in [-0.2, -0.15) is 0 Å². The highest BCUT2D eigenvalue weighted by atomic mass is 14.1. The van der Waals surface area contributed by atoms with Gasteiger partial charge in [-0.15, -0.1) is 0 Å². The molecule has 0 saturated carbocycles. The van der Waals surface area contributed by atoms with Crippen LogP contribution < -0.4 is 0 Å². The Hall–Kier alpha value is -1.82. The molecule has 0 radical (unpaired) electrons. The second kappa shape index (κ2) is 7.09. The molecule has 1 aliphatic rings. The van der Waals surface area contributed by atoms with Gasteiger partial charge in [0.05, 0.1) is 0 Å². The maximum atomic E-state index is 4.08. The monoisotopic (exact) mass is 264 g/mol. The Bertz CT molecular complexity index is 539. The van der Waals surface area contributed by atoms with Crippen LogP contribution in [0.15, 0.2) is 72.4 Å². The Morgan fingerprint density at radius 3 is 2.70 bits per heavy atom. The van der Waals surface area contributed by atoms with Gasteiger partial charge < -0.3 is 0 Å². The molecule has 104 valence electrons. The minimum Gasteiger partial charge on any atom is -0.0956 e. The van der Waals surface area contributed by atoms with Crippen molar-refractivity contribution in [2.45, 2.75) is 33.1 Å². The molecule has 1 aliphatic carbocycles. The summed E-state index contributed by atoms with van der Waals surface area (Å²) in [6.07, 6.45) is 12.5. The summed E-state index contributed by atoms with van der Waals surface area (Å²) in [4.78, 5) is 0. The lowest BCUT2D eigenvalue weighted by atomic mass is 9.92. The summed E-state index contributed by atoms with van der Waals surface area (Å²) in [5, 5.41) is 0. The molecule has 0 heterocycles. The lowest BCUT2D eigenvalue weighted by Crippen LogP contribution is -1.92. The Labute approximate surface area is 123 Å². The minimum absolute atomic E-state index is 0.534. The molecular weight excluding hydrogens is 240 g/mol. The van der Waals surface area contributed by atoms with Gasteiger partial charge in [-0.25, -0.2) is 0 Å². The van der Waals surface area contributed by atoms with E-state index in [2.05, 4.69) is 75.1 Å². The highest BCUT2D eigenvalue weighted by Gasteiger charge is 2.06. The Kier molecular flexibility index (Phi) is 5.17. The molecule has 0 bridgehead atoms. The van der Waals surface area contributed by atoms with Gasteiger partial charge in [-0.1, -0.05) is 86.2 Å². The average Bonchev–Trinajstić information content (AvgIpc) is 2.48. The van der Waals surface area contributed by atoms with Crippen LogP contribution >= 0.6 is 0 Å². The summed E-state index contributed by atoms with van der Waals surface area (Å²) in [5.74, 6) is 0.534. The van der Waals surface area contributed by atoms with E-state index in [4.69, 9.17) is 0 Å². The van der Waals surface area contributed by atoms with Crippen molar-refractivity contribution in [3.05, 3.63) is 77.9 Å². The largest absolute Gasteiger partial charge is 0.0956 e. The fourth-order valence-electron chi connectivity index (χ4n) is 2.31. The van der Waals surface area contributed by atoms with E-state index in [0.717, 1.165) is 12.8 Å². The molecule has 0 amide bonds. The first kappa shape index (κ1) is 14.6. The van der Waals surface area contributed by atoms with Crippen LogP contribution in [0.5, 0.6) is 0 Å². The highest BCUT2D eigenvalue weighted by molar-refractivity contribution is 5.75. The Morgan fingerprint density at radius 1 is 1.25 bits per heavy atom. The lowest BCUT2D eigenvalue weighted by molar-refractivity contribution is 0.794. The van der Waals surface area contributed by atoms with Crippen LogP contribution in [0.4, 0.5) is 0 Å². The third kappa shape index (κ3) is 4.09. The van der Waals surface area contributed by atoms with Crippen molar-refractivity contribution in [1.82, 2.24) is 0 Å². The molecule has 0 N–H and O–H groups in total. The maximum absolute atomic E-state index is 4.08. The summed E-state index contributed by atoms with van der Waals surface area (Å²) in [7, 11) is 0. The summed E-state index contributed by atoms with van der Waals surface area (Å²) >= 11 is 0. The Balaban J connectivity index is 2.02. The van der Waals surface area contributed by atoms with Gasteiger partial charge >= 0.3 is 0 Å². The quantitative estimate of drug-likeness (QED) is 0.576. The first-order valence-corrected chi connectivity index (χ1v) is 7.47. The van der Waals surface area contributed by atoms with Crippen molar-refractivity contribution in [2.24, 2.45) is 5.92 Å². The fraction of sp³-hybridized carbons (Fsp3) is 0.300. The molecule has 0 fully saturated rings. The molecule has 0 spiro atoms. The van der Waals surface area contributed by atoms with Crippen LogP contribution in [-0.2, 0) is 0 Å². The van der Waals surface area contributed by atoms with Crippen LogP contribution in [0.1, 0.15) is 38.7 Å². The van der Waals surface area contributed by atoms with Gasteiger partial charge in [-0.05, 0) is 36.3 Å². The molecule has 1 aromatic rings. The van der Waals surface area contributed by atoms with Crippen LogP contribution in [0.2, 0.25) is 0 Å². The molecule has 0 unspecified atom stereocenters. The van der Waals surface area contributed by atoms with E-state index in [1.807, 2.05) is 0 Å². The van der Waals surface area contributed by atoms with Crippen LogP contribution in [0.3, 0.4) is 0 Å². The van der Waals surface area contributed by atoms with Crippen LogP contribution in [0, 0.1) is 5.92 Å². The summed E-state index contributed by atoms with van der Waals surface area (Å²) in [6.45, 7) is 8.45. The van der Waals surface area contributed by atoms with Gasteiger partial charge in [0.15, 0.2) is 0 Å². The molecule has 0 atom stereocenters. The normalized spacial score (nSPS) is 15.3. The van der Waals surface area contributed by atoms with Gasteiger partial charge in [-0.3, -0.25) is 0 Å². The first-order chi connectivity index (χ1) is 9.66. The van der Waals surface area contributed by atoms with Crippen LogP contribution in [0.25, 0.3) is 5.57 Å². The topological polar surface area (TPSA) is 0 Å². The third-order valence-corrected chi connectivity index (χ3v) is 3.75. The van der Waals surface area contributed by atoms with E-state index in [1.54, 1.807) is 0 Å². The van der Waals surface area contributed by atoms with Crippen molar-refractivity contribution in [1.29, 1.82) is 0 Å². The molecule has 0 aliphatic heterocycles. The van der Waals surface area contributed by atoms with Crippen molar-refractivity contribution in [3.8, 4) is 0 Å². The van der Waals surface area contributed by atoms with E-state index in [9.17, 15) is 0 Å². The van der Waals surface area contributed by atoms with Crippen molar-refractivity contribution >= 4 is 5.57 Å². The zero-order valence-electron chi connectivity index (χ0n) is 12.6. The SMILES string of the molecule is C=C(/C=C\CC1=CC(c2ccccc2)=CCC1)C(C)C. The van der Waals surface area contributed by atoms with Gasteiger partial charge in [0, 0.05) is 0 Å². The maximum Gasteiger partial charge on any atom is -0.0132 e. The molecule has 0 saturated heterocycles. The number of hydrogen-bond acceptors (Lipinski definition) is 0. The number of hydrogen-bond donors (Lipinski definition) is 0. The average molecular weight is 264 g/mol. The van der Waals surface area contributed by atoms with E-state index in [-0.39, 0.29) is 0 Å². The number of allylic oxidation sites excluding steroid dienone is 7. The van der Waals surface area contributed by atoms with Crippen molar-refractivity contribution in [3.63, 3.8) is 0 Å². The molecule has 0 aromatic heterocycles. The van der Waals surface area contributed by atoms with Crippen molar-refractivity contribution < 1.29 is 0 Å². The van der Waals surface area contributed by atoms with Crippen molar-refractivity contribution in [2.75, 3.05) is 0 Å². The summed E-state index contributed by atoms with van der Waals surface area (Å²) < 4.78 is 0. The van der Waals surface area contributed by atoms with E-state index in [1.165, 1.54) is 28.7 Å². The van der Waals surface area contributed by atoms with Crippen LogP contribution in [-0.4, -0.2) is 0 Å². The third-order valence-electron chi connectivity index (χ3n) is 3.75. The highest BCUT2D eigenvalue weighted by Crippen LogP contribution is 2.27. The fourth-order valence-corrected chi connectivity index (χ4v) is 2.31. The summed E-state index contributed by atoms with van der Waals surface area (Å²) in [6, 6.07) is 10.6. The zero-order chi connectivity index (χ0) is 14.4. The minimum atomic E-state index is 0.534. The predicted octanol–water partition coefficient (Wildman–Crippen LogP) is 5.95. The number of benzene rings is 1. The predicted molar refractivity (Wildman–Crippen MR) is 89.5 cm³/mol. The molecule has 20 heavy (non-hydrogen) atoms. The van der Waals surface area contributed by atoms with E-state index in [0.29, 0.717) is 5.92 Å². The Morgan fingerprint density at radius 2 is 2.00 bits per heavy atom.